The average molecular weight is 239 g/mol. The lowest BCUT2D eigenvalue weighted by Gasteiger charge is -2.12. The maximum absolute atomic E-state index is 6.05. The summed E-state index contributed by atoms with van der Waals surface area (Å²) in [5.74, 6) is 1.49. The summed E-state index contributed by atoms with van der Waals surface area (Å²) >= 11 is 1.62. The van der Waals surface area contributed by atoms with Gasteiger partial charge in [-0.25, -0.2) is 0 Å². The maximum atomic E-state index is 6.05. The van der Waals surface area contributed by atoms with Crippen molar-refractivity contribution in [1.29, 1.82) is 0 Å². The molecule has 0 spiro atoms. The summed E-state index contributed by atoms with van der Waals surface area (Å²) in [5, 5.41) is 0. The summed E-state index contributed by atoms with van der Waals surface area (Å²) < 4.78 is 10.4. The van der Waals surface area contributed by atoms with Gasteiger partial charge in [0.1, 0.15) is 11.5 Å². The van der Waals surface area contributed by atoms with E-state index < -0.39 is 0 Å². The van der Waals surface area contributed by atoms with E-state index in [2.05, 4.69) is 0 Å². The Hall–Kier alpha value is -1.29. The predicted octanol–water partition coefficient (Wildman–Crippen LogP) is 2.71. The van der Waals surface area contributed by atoms with Crippen molar-refractivity contribution in [1.82, 2.24) is 0 Å². The van der Waals surface area contributed by atoms with Crippen LogP contribution in [0.1, 0.15) is 12.5 Å². The van der Waals surface area contributed by atoms with Crippen LogP contribution in [0.5, 0.6) is 11.5 Å². The molecule has 0 fully saturated rings. The van der Waals surface area contributed by atoms with Crippen LogP contribution in [0.2, 0.25) is 0 Å². The first-order valence-corrected chi connectivity index (χ1v) is 6.09. The van der Waals surface area contributed by atoms with Crippen LogP contribution in [0.3, 0.4) is 0 Å². The van der Waals surface area contributed by atoms with Crippen LogP contribution in [0, 0.1) is 0 Å². The monoisotopic (exact) mass is 239 g/mol. The lowest BCUT2D eigenvalue weighted by Crippen LogP contribution is -2.01. The van der Waals surface area contributed by atoms with E-state index in [0.29, 0.717) is 0 Å². The van der Waals surface area contributed by atoms with Gasteiger partial charge in [-0.1, -0.05) is 0 Å². The van der Waals surface area contributed by atoms with Crippen LogP contribution in [0.25, 0.3) is 5.70 Å². The first-order chi connectivity index (χ1) is 7.63. The summed E-state index contributed by atoms with van der Waals surface area (Å²) in [6, 6.07) is 5.61. The molecule has 3 nitrogen and oxygen atoms in total. The molecular formula is C12H17NO2S. The summed E-state index contributed by atoms with van der Waals surface area (Å²) in [4.78, 5) is 1.07. The molecule has 0 saturated heterocycles. The zero-order valence-corrected chi connectivity index (χ0v) is 10.9. The Balaban J connectivity index is 3.24. The highest BCUT2D eigenvalue weighted by Crippen LogP contribution is 2.31. The second kappa shape index (κ2) is 5.70. The number of thioether (sulfide) groups is 1. The zero-order chi connectivity index (χ0) is 12.1. The van der Waals surface area contributed by atoms with Crippen LogP contribution in [0.4, 0.5) is 0 Å². The van der Waals surface area contributed by atoms with Gasteiger partial charge in [0.25, 0.3) is 0 Å². The molecule has 2 N–H and O–H groups in total. The Morgan fingerprint density at radius 1 is 1.25 bits per heavy atom. The SMILES string of the molecule is COc1ccc(/C(N)=C(\C)SC)c(OC)c1. The molecule has 88 valence electrons. The van der Waals surface area contributed by atoms with Crippen molar-refractivity contribution in [3.05, 3.63) is 28.7 Å². The minimum atomic E-state index is 0.727. The molecule has 1 rings (SSSR count). The van der Waals surface area contributed by atoms with Gasteiger partial charge in [0.2, 0.25) is 0 Å². The van der Waals surface area contributed by atoms with Crippen molar-refractivity contribution < 1.29 is 9.47 Å². The van der Waals surface area contributed by atoms with Gasteiger partial charge in [0.15, 0.2) is 0 Å². The summed E-state index contributed by atoms with van der Waals surface area (Å²) in [5.41, 5.74) is 7.70. The minimum Gasteiger partial charge on any atom is -0.497 e. The van der Waals surface area contributed by atoms with Crippen molar-refractivity contribution in [2.24, 2.45) is 5.73 Å². The molecular weight excluding hydrogens is 222 g/mol. The van der Waals surface area contributed by atoms with Crippen LogP contribution in [-0.2, 0) is 0 Å². The first-order valence-electron chi connectivity index (χ1n) is 4.86. The van der Waals surface area contributed by atoms with Gasteiger partial charge in [0, 0.05) is 16.5 Å². The Labute approximate surface area is 101 Å². The van der Waals surface area contributed by atoms with E-state index in [4.69, 9.17) is 15.2 Å². The molecule has 0 atom stereocenters. The first kappa shape index (κ1) is 12.8. The van der Waals surface area contributed by atoms with E-state index >= 15 is 0 Å². The quantitative estimate of drug-likeness (QED) is 0.877. The number of rotatable bonds is 4. The largest absolute Gasteiger partial charge is 0.497 e. The van der Waals surface area contributed by atoms with Gasteiger partial charge in [-0.3, -0.25) is 0 Å². The minimum absolute atomic E-state index is 0.727. The molecule has 0 aromatic heterocycles. The number of hydrogen-bond donors (Lipinski definition) is 1. The van der Waals surface area contributed by atoms with Crippen molar-refractivity contribution in [3.8, 4) is 11.5 Å². The normalized spacial score (nSPS) is 12.0. The Bertz CT molecular complexity index is 402. The third kappa shape index (κ3) is 2.64. The molecule has 0 aliphatic carbocycles. The molecule has 1 aromatic rings. The molecule has 0 unspecified atom stereocenters. The van der Waals surface area contributed by atoms with E-state index in [0.717, 1.165) is 27.7 Å². The highest BCUT2D eigenvalue weighted by atomic mass is 32.2. The summed E-state index contributed by atoms with van der Waals surface area (Å²) in [6.07, 6.45) is 2.00. The molecule has 0 saturated carbocycles. The number of ether oxygens (including phenoxy) is 2. The fraction of sp³-hybridized carbons (Fsp3) is 0.333. The average Bonchev–Trinajstić information content (AvgIpc) is 2.35. The molecule has 0 bridgehead atoms. The number of methoxy groups -OCH3 is 2. The lowest BCUT2D eigenvalue weighted by molar-refractivity contribution is 0.393. The third-order valence-electron chi connectivity index (χ3n) is 2.38. The molecule has 16 heavy (non-hydrogen) atoms. The predicted molar refractivity (Wildman–Crippen MR) is 69.8 cm³/mol. The van der Waals surface area contributed by atoms with Gasteiger partial charge in [-0.05, 0) is 25.3 Å². The highest BCUT2D eigenvalue weighted by Gasteiger charge is 2.09. The molecule has 4 heteroatoms. The summed E-state index contributed by atoms with van der Waals surface area (Å²) in [7, 11) is 3.25. The van der Waals surface area contributed by atoms with Gasteiger partial charge >= 0.3 is 0 Å². The number of benzene rings is 1. The fourth-order valence-electron chi connectivity index (χ4n) is 1.32. The molecule has 0 aliphatic heterocycles. The number of nitrogens with two attached hydrogens (primary N) is 1. The molecule has 0 amide bonds. The second-order valence-electron chi connectivity index (χ2n) is 3.24. The van der Waals surface area contributed by atoms with Gasteiger partial charge in [-0.15, -0.1) is 11.8 Å². The van der Waals surface area contributed by atoms with E-state index in [-0.39, 0.29) is 0 Å². The van der Waals surface area contributed by atoms with Gasteiger partial charge in [0.05, 0.1) is 19.9 Å². The number of hydrogen-bond acceptors (Lipinski definition) is 4. The highest BCUT2D eigenvalue weighted by molar-refractivity contribution is 8.02. The van der Waals surface area contributed by atoms with Crippen molar-refractivity contribution in [2.75, 3.05) is 20.5 Å². The molecule has 0 heterocycles. The fourth-order valence-corrected chi connectivity index (χ4v) is 1.65. The topological polar surface area (TPSA) is 44.5 Å². The van der Waals surface area contributed by atoms with Crippen molar-refractivity contribution in [3.63, 3.8) is 0 Å². The van der Waals surface area contributed by atoms with Crippen molar-refractivity contribution in [2.45, 2.75) is 6.92 Å². The smallest absolute Gasteiger partial charge is 0.131 e. The maximum Gasteiger partial charge on any atom is 0.131 e. The van der Waals surface area contributed by atoms with E-state index in [1.54, 1.807) is 26.0 Å². The number of allylic oxidation sites excluding steroid dienone is 1. The van der Waals surface area contributed by atoms with Crippen molar-refractivity contribution >= 4 is 17.5 Å². The van der Waals surface area contributed by atoms with E-state index in [9.17, 15) is 0 Å². The zero-order valence-electron chi connectivity index (χ0n) is 10.0. The summed E-state index contributed by atoms with van der Waals surface area (Å²) in [6.45, 7) is 1.99. The lowest BCUT2D eigenvalue weighted by atomic mass is 10.1. The molecule has 0 radical (unpaired) electrons. The van der Waals surface area contributed by atoms with Gasteiger partial charge < -0.3 is 15.2 Å². The standard InChI is InChI=1S/C12H17NO2S/c1-8(16-4)12(13)10-6-5-9(14-2)7-11(10)15-3/h5-7H,13H2,1-4H3/b12-8-. The Kier molecular flexibility index (Phi) is 4.55. The van der Waals surface area contributed by atoms with Crippen LogP contribution < -0.4 is 15.2 Å². The second-order valence-corrected chi connectivity index (χ2v) is 4.26. The molecule has 0 aliphatic rings. The Morgan fingerprint density at radius 2 is 1.94 bits per heavy atom. The Morgan fingerprint density at radius 3 is 2.44 bits per heavy atom. The van der Waals surface area contributed by atoms with Gasteiger partial charge in [-0.2, -0.15) is 0 Å². The van der Waals surface area contributed by atoms with Crippen LogP contribution in [0.15, 0.2) is 23.1 Å². The van der Waals surface area contributed by atoms with Crippen LogP contribution >= 0.6 is 11.8 Å². The van der Waals surface area contributed by atoms with E-state index in [1.807, 2.05) is 31.4 Å². The van der Waals surface area contributed by atoms with E-state index in [1.165, 1.54) is 0 Å². The third-order valence-corrected chi connectivity index (χ3v) is 3.22. The molecule has 1 aromatic carbocycles. The van der Waals surface area contributed by atoms with Crippen LogP contribution in [-0.4, -0.2) is 20.5 Å².